The van der Waals surface area contributed by atoms with Crippen LogP contribution in [-0.2, 0) is 11.3 Å². The van der Waals surface area contributed by atoms with E-state index in [1.54, 1.807) is 6.20 Å². The summed E-state index contributed by atoms with van der Waals surface area (Å²) in [5.74, 6) is -2.40. The fourth-order valence-corrected chi connectivity index (χ4v) is 4.60. The molecule has 0 aliphatic heterocycles. The number of rotatable bonds is 5. The maximum absolute atomic E-state index is 13.4. The molecule has 25 heavy (non-hydrogen) atoms. The SMILES string of the molecule is CC(F)(F)c1nc(C23CCC(CNc4cc(Br)ccn4)(CC2)C3)no1. The predicted octanol–water partition coefficient (Wildman–Crippen LogP) is 4.65. The number of fused-ring (bicyclic) bond motifs is 2. The van der Waals surface area contributed by atoms with Crippen molar-refractivity contribution in [1.29, 1.82) is 0 Å². The van der Waals surface area contributed by atoms with Crippen molar-refractivity contribution < 1.29 is 13.3 Å². The smallest absolute Gasteiger partial charge is 0.322 e. The Hall–Kier alpha value is -1.57. The lowest BCUT2D eigenvalue weighted by Crippen LogP contribution is -2.25. The van der Waals surface area contributed by atoms with E-state index in [1.807, 2.05) is 12.1 Å². The highest BCUT2D eigenvalue weighted by Gasteiger charge is 2.57. The summed E-state index contributed by atoms with van der Waals surface area (Å²) in [5.41, 5.74) is -0.0844. The molecule has 2 saturated carbocycles. The number of nitrogens with zero attached hydrogens (tertiary/aromatic N) is 3. The second-order valence-electron chi connectivity index (χ2n) is 7.48. The molecule has 2 aromatic heterocycles. The largest absolute Gasteiger partial charge is 0.369 e. The Morgan fingerprint density at radius 3 is 2.72 bits per heavy atom. The quantitative estimate of drug-likeness (QED) is 0.773. The molecule has 0 unspecified atom stereocenters. The van der Waals surface area contributed by atoms with E-state index in [9.17, 15) is 8.78 Å². The molecule has 0 saturated heterocycles. The lowest BCUT2D eigenvalue weighted by atomic mass is 9.81. The van der Waals surface area contributed by atoms with E-state index in [2.05, 4.69) is 36.4 Å². The molecule has 0 atom stereocenters. The molecule has 0 amide bonds. The van der Waals surface area contributed by atoms with E-state index in [0.717, 1.165) is 55.9 Å². The molecule has 0 radical (unpaired) electrons. The van der Waals surface area contributed by atoms with Crippen molar-refractivity contribution in [3.8, 4) is 0 Å². The Balaban J connectivity index is 1.48. The van der Waals surface area contributed by atoms with Crippen LogP contribution in [0.4, 0.5) is 14.6 Å². The maximum Gasteiger partial charge on any atom is 0.322 e. The molecule has 134 valence electrons. The minimum absolute atomic E-state index is 0.138. The summed E-state index contributed by atoms with van der Waals surface area (Å²) in [4.78, 5) is 8.35. The maximum atomic E-state index is 13.4. The van der Waals surface area contributed by atoms with Gasteiger partial charge in [-0.05, 0) is 49.7 Å². The van der Waals surface area contributed by atoms with Gasteiger partial charge in [-0.3, -0.25) is 0 Å². The van der Waals surface area contributed by atoms with Crippen molar-refractivity contribution in [1.82, 2.24) is 15.1 Å². The van der Waals surface area contributed by atoms with Crippen molar-refractivity contribution in [2.45, 2.75) is 50.4 Å². The second kappa shape index (κ2) is 5.72. The lowest BCUT2D eigenvalue weighted by Gasteiger charge is -2.27. The highest BCUT2D eigenvalue weighted by atomic mass is 79.9. The zero-order valence-electron chi connectivity index (χ0n) is 13.9. The first-order valence-corrected chi connectivity index (χ1v) is 9.18. The van der Waals surface area contributed by atoms with Crippen LogP contribution in [0.25, 0.3) is 0 Å². The van der Waals surface area contributed by atoms with Gasteiger partial charge in [0.15, 0.2) is 5.82 Å². The molecule has 0 aromatic carbocycles. The number of aromatic nitrogens is 3. The van der Waals surface area contributed by atoms with Gasteiger partial charge in [0.05, 0.1) is 0 Å². The van der Waals surface area contributed by atoms with Gasteiger partial charge in [-0.2, -0.15) is 13.8 Å². The molecule has 5 nitrogen and oxygen atoms in total. The monoisotopic (exact) mass is 412 g/mol. The van der Waals surface area contributed by atoms with E-state index in [1.165, 1.54) is 0 Å². The van der Waals surface area contributed by atoms with Crippen LogP contribution in [0.1, 0.15) is 50.7 Å². The molecule has 2 aliphatic rings. The molecule has 2 aliphatic carbocycles. The van der Waals surface area contributed by atoms with Crippen LogP contribution in [0.15, 0.2) is 27.3 Å². The number of pyridine rings is 1. The summed E-state index contributed by atoms with van der Waals surface area (Å²) in [5, 5.41) is 7.31. The average molecular weight is 413 g/mol. The van der Waals surface area contributed by atoms with Crippen LogP contribution >= 0.6 is 15.9 Å². The van der Waals surface area contributed by atoms with Gasteiger partial charge in [0, 0.05) is 29.6 Å². The first-order valence-electron chi connectivity index (χ1n) is 8.38. The molecule has 2 heterocycles. The highest BCUT2D eigenvalue weighted by Crippen LogP contribution is 2.61. The Kier molecular flexibility index (Phi) is 3.86. The lowest BCUT2D eigenvalue weighted by molar-refractivity contribution is -0.0158. The minimum atomic E-state index is -3.09. The molecular weight excluding hydrogens is 394 g/mol. The third-order valence-electron chi connectivity index (χ3n) is 5.62. The van der Waals surface area contributed by atoms with Crippen molar-refractivity contribution >= 4 is 21.7 Å². The third kappa shape index (κ3) is 3.05. The van der Waals surface area contributed by atoms with E-state index in [-0.39, 0.29) is 10.8 Å². The Morgan fingerprint density at radius 2 is 2.08 bits per heavy atom. The molecule has 4 rings (SSSR count). The highest BCUT2D eigenvalue weighted by molar-refractivity contribution is 9.10. The summed E-state index contributed by atoms with van der Waals surface area (Å²) in [6.45, 7) is 1.59. The van der Waals surface area contributed by atoms with Crippen molar-refractivity contribution in [2.75, 3.05) is 11.9 Å². The summed E-state index contributed by atoms with van der Waals surface area (Å²) in [7, 11) is 0. The van der Waals surface area contributed by atoms with Crippen LogP contribution in [0, 0.1) is 5.41 Å². The first kappa shape index (κ1) is 16.9. The van der Waals surface area contributed by atoms with E-state index in [0.29, 0.717) is 5.82 Å². The Labute approximate surface area is 152 Å². The zero-order valence-corrected chi connectivity index (χ0v) is 15.4. The molecule has 0 spiro atoms. The topological polar surface area (TPSA) is 63.8 Å². The number of alkyl halides is 2. The van der Waals surface area contributed by atoms with Gasteiger partial charge in [-0.25, -0.2) is 4.98 Å². The summed E-state index contributed by atoms with van der Waals surface area (Å²) in [6, 6.07) is 3.83. The van der Waals surface area contributed by atoms with E-state index in [4.69, 9.17) is 4.52 Å². The number of anilines is 1. The summed E-state index contributed by atoms with van der Waals surface area (Å²) >= 11 is 3.44. The van der Waals surface area contributed by atoms with Gasteiger partial charge >= 0.3 is 5.92 Å². The van der Waals surface area contributed by atoms with Crippen LogP contribution in [0.3, 0.4) is 0 Å². The van der Waals surface area contributed by atoms with E-state index >= 15 is 0 Å². The Morgan fingerprint density at radius 1 is 1.32 bits per heavy atom. The fourth-order valence-electron chi connectivity index (χ4n) is 4.27. The minimum Gasteiger partial charge on any atom is -0.369 e. The third-order valence-corrected chi connectivity index (χ3v) is 6.12. The van der Waals surface area contributed by atoms with Gasteiger partial charge in [0.2, 0.25) is 0 Å². The summed E-state index contributed by atoms with van der Waals surface area (Å²) in [6.07, 6.45) is 6.53. The normalized spacial score (nSPS) is 28.5. The van der Waals surface area contributed by atoms with Gasteiger partial charge in [0.25, 0.3) is 5.89 Å². The molecule has 8 heteroatoms. The number of hydrogen-bond acceptors (Lipinski definition) is 5. The number of nitrogens with one attached hydrogen (secondary N) is 1. The molecule has 2 bridgehead atoms. The first-order chi connectivity index (χ1) is 11.8. The van der Waals surface area contributed by atoms with Gasteiger partial charge in [-0.1, -0.05) is 21.1 Å². The summed E-state index contributed by atoms with van der Waals surface area (Å²) < 4.78 is 32.6. The van der Waals surface area contributed by atoms with Crippen LogP contribution < -0.4 is 5.32 Å². The number of halogens is 3. The Bertz CT molecular complexity index is 781. The van der Waals surface area contributed by atoms with Gasteiger partial charge in [0.1, 0.15) is 5.82 Å². The fraction of sp³-hybridized carbons (Fsp3) is 0.588. The second-order valence-corrected chi connectivity index (χ2v) is 8.40. The van der Waals surface area contributed by atoms with E-state index < -0.39 is 11.8 Å². The van der Waals surface area contributed by atoms with Crippen LogP contribution in [-0.4, -0.2) is 21.7 Å². The van der Waals surface area contributed by atoms with Gasteiger partial charge in [-0.15, -0.1) is 0 Å². The molecule has 2 fully saturated rings. The van der Waals surface area contributed by atoms with Gasteiger partial charge < -0.3 is 9.84 Å². The standard InChI is InChI=1S/C17H19BrF2N4O/c1-15(19,20)14-23-13(24-25-14)17-5-3-16(9-17,4-6-17)10-22-12-8-11(18)2-7-21-12/h2,7-8H,3-6,9-10H2,1H3,(H,21,22). The molecule has 1 N–H and O–H groups in total. The predicted molar refractivity (Wildman–Crippen MR) is 91.5 cm³/mol. The van der Waals surface area contributed by atoms with Crippen LogP contribution in [0.5, 0.6) is 0 Å². The zero-order chi connectivity index (χ0) is 17.7. The molecular formula is C17H19BrF2N4O. The van der Waals surface area contributed by atoms with Crippen molar-refractivity contribution in [3.63, 3.8) is 0 Å². The number of hydrogen-bond donors (Lipinski definition) is 1. The van der Waals surface area contributed by atoms with Crippen LogP contribution in [0.2, 0.25) is 0 Å². The molecule has 2 aromatic rings. The average Bonchev–Trinajstić information content (AvgIpc) is 3.26. The van der Waals surface area contributed by atoms with Crippen molar-refractivity contribution in [3.05, 3.63) is 34.5 Å². The van der Waals surface area contributed by atoms with Crippen molar-refractivity contribution in [2.24, 2.45) is 5.41 Å².